The normalized spacial score (nSPS) is 13.0. The second-order valence-corrected chi connectivity index (χ2v) is 20.9. The number of rotatable bonds is 7. The SMILES string of the molecule is CC1(C)c2ccccc2-c2c1cc1ccccc1c2-c1nc(-c2cccc([Si](c3ccccc3)(c3ccccc3)c3ccccc3)c2)nc(-c2cccc3oc4ccccc4c23)n1. The van der Waals surface area contributed by atoms with Gasteiger partial charge in [-0.15, -0.1) is 0 Å². The third-order valence-electron chi connectivity index (χ3n) is 13.3. The monoisotopic (exact) mass is 823 g/mol. The molecule has 0 amide bonds. The minimum Gasteiger partial charge on any atom is -0.456 e. The first-order valence-corrected chi connectivity index (χ1v) is 23.6. The maximum atomic E-state index is 6.44. The summed E-state index contributed by atoms with van der Waals surface area (Å²) in [6, 6.07) is 76.4. The van der Waals surface area contributed by atoms with Gasteiger partial charge in [-0.05, 0) is 72.0 Å². The molecule has 4 nitrogen and oxygen atoms in total. The predicted molar refractivity (Wildman–Crippen MR) is 262 cm³/mol. The van der Waals surface area contributed by atoms with Crippen molar-refractivity contribution in [3.05, 3.63) is 223 Å². The van der Waals surface area contributed by atoms with E-state index in [1.807, 2.05) is 24.3 Å². The van der Waals surface area contributed by atoms with Crippen LogP contribution in [0.5, 0.6) is 0 Å². The number of nitrogens with zero attached hydrogens (tertiary/aromatic N) is 3. The van der Waals surface area contributed by atoms with Crippen LogP contribution in [0.1, 0.15) is 25.0 Å². The lowest BCUT2D eigenvalue weighted by Crippen LogP contribution is -2.74. The van der Waals surface area contributed by atoms with Crippen LogP contribution in [-0.2, 0) is 5.41 Å². The molecule has 0 fully saturated rings. The van der Waals surface area contributed by atoms with E-state index in [0.29, 0.717) is 17.5 Å². The fourth-order valence-corrected chi connectivity index (χ4v) is 15.2. The molecule has 0 unspecified atom stereocenters. The van der Waals surface area contributed by atoms with E-state index in [1.165, 1.54) is 43.0 Å². The molecule has 11 aromatic rings. The lowest BCUT2D eigenvalue weighted by atomic mass is 9.81. The third kappa shape index (κ3) is 5.70. The maximum Gasteiger partial charge on any atom is 0.179 e. The molecule has 2 aromatic heterocycles. The first kappa shape index (κ1) is 37.1. The molecule has 1 aliphatic rings. The van der Waals surface area contributed by atoms with Gasteiger partial charge in [-0.3, -0.25) is 0 Å². The molecule has 1 aliphatic carbocycles. The van der Waals surface area contributed by atoms with Crippen LogP contribution >= 0.6 is 0 Å². The van der Waals surface area contributed by atoms with Gasteiger partial charge in [0.2, 0.25) is 0 Å². The van der Waals surface area contributed by atoms with Crippen LogP contribution in [0.15, 0.2) is 217 Å². The molecule has 0 radical (unpaired) electrons. The van der Waals surface area contributed by atoms with Gasteiger partial charge in [0, 0.05) is 32.9 Å². The van der Waals surface area contributed by atoms with Crippen LogP contribution in [0.2, 0.25) is 0 Å². The molecule has 0 saturated carbocycles. The molecule has 0 aliphatic heterocycles. The minimum absolute atomic E-state index is 0.223. The summed E-state index contributed by atoms with van der Waals surface area (Å²) in [4.78, 5) is 16.6. The summed E-state index contributed by atoms with van der Waals surface area (Å²) >= 11 is 0. The average molecular weight is 824 g/mol. The van der Waals surface area contributed by atoms with Crippen molar-refractivity contribution >= 4 is 61.5 Å². The fourth-order valence-electron chi connectivity index (χ4n) is 10.4. The zero-order valence-electron chi connectivity index (χ0n) is 35.0. The number of benzene rings is 9. The second kappa shape index (κ2) is 14.4. The molecule has 0 saturated heterocycles. The molecule has 298 valence electrons. The Bertz CT molecular complexity index is 3450. The van der Waals surface area contributed by atoms with Gasteiger partial charge in [-0.25, -0.2) is 15.0 Å². The molecular formula is C58H41N3OSi. The zero-order chi connectivity index (χ0) is 42.1. The smallest absolute Gasteiger partial charge is 0.179 e. The van der Waals surface area contributed by atoms with Gasteiger partial charge in [-0.2, -0.15) is 0 Å². The maximum absolute atomic E-state index is 6.44. The summed E-state index contributed by atoms with van der Waals surface area (Å²) in [5, 5.41) is 9.45. The highest BCUT2D eigenvalue weighted by Crippen LogP contribution is 2.54. The summed E-state index contributed by atoms with van der Waals surface area (Å²) in [7, 11) is -2.87. The highest BCUT2D eigenvalue weighted by atomic mass is 28.3. The lowest BCUT2D eigenvalue weighted by Gasteiger charge is -2.34. The van der Waals surface area contributed by atoms with E-state index in [9.17, 15) is 0 Å². The van der Waals surface area contributed by atoms with Crippen molar-refractivity contribution in [3.63, 3.8) is 0 Å². The van der Waals surface area contributed by atoms with Gasteiger partial charge >= 0.3 is 0 Å². The molecule has 5 heteroatoms. The van der Waals surface area contributed by atoms with Crippen molar-refractivity contribution in [2.45, 2.75) is 19.3 Å². The molecule has 0 bridgehead atoms. The highest BCUT2D eigenvalue weighted by Gasteiger charge is 2.42. The van der Waals surface area contributed by atoms with E-state index in [1.54, 1.807) is 0 Å². The van der Waals surface area contributed by atoms with Crippen molar-refractivity contribution in [1.82, 2.24) is 15.0 Å². The summed E-state index contributed by atoms with van der Waals surface area (Å²) in [5.74, 6) is 1.86. The Hall–Kier alpha value is -7.73. The second-order valence-electron chi connectivity index (χ2n) is 17.1. The van der Waals surface area contributed by atoms with Gasteiger partial charge in [0.15, 0.2) is 25.5 Å². The number of para-hydroxylation sites is 1. The number of fused-ring (bicyclic) bond motifs is 7. The Balaban J connectivity index is 1.18. The fraction of sp³-hybridized carbons (Fsp3) is 0.0517. The minimum atomic E-state index is -2.87. The standard InChI is InChI=1S/C58H41N3OSi/c1-58(2)48-33-16-14-30-45(48)53-49(58)37-38-20-12-13-29-44(38)54(53)57-60-55(59-56(61-57)47-32-19-35-51-52(47)46-31-15-17-34-50(46)62-51)39-21-18-28-43(36-39)63(40-22-6-3-7-23-40,41-24-8-4-9-25-41)42-26-10-5-11-27-42/h3-37H,1-2H3. The highest BCUT2D eigenvalue weighted by molar-refractivity contribution is 7.19. The lowest BCUT2D eigenvalue weighted by molar-refractivity contribution is 0.661. The van der Waals surface area contributed by atoms with Gasteiger partial charge < -0.3 is 4.42 Å². The summed E-state index contributed by atoms with van der Waals surface area (Å²) < 4.78 is 6.44. The van der Waals surface area contributed by atoms with Crippen molar-refractivity contribution in [3.8, 4) is 45.3 Å². The summed E-state index contributed by atoms with van der Waals surface area (Å²) in [5.41, 5.74) is 9.23. The molecular weight excluding hydrogens is 783 g/mol. The first-order chi connectivity index (χ1) is 31.0. The number of furan rings is 1. The Morgan fingerprint density at radius 3 is 1.67 bits per heavy atom. The van der Waals surface area contributed by atoms with Gasteiger partial charge in [0.05, 0.1) is 0 Å². The number of hydrogen-bond donors (Lipinski definition) is 0. The third-order valence-corrected chi connectivity index (χ3v) is 18.0. The predicted octanol–water partition coefficient (Wildman–Crippen LogP) is 11.6. The first-order valence-electron chi connectivity index (χ1n) is 21.6. The van der Waals surface area contributed by atoms with E-state index in [-0.39, 0.29) is 5.41 Å². The molecule has 63 heavy (non-hydrogen) atoms. The van der Waals surface area contributed by atoms with Gasteiger partial charge in [-0.1, -0.05) is 208 Å². The van der Waals surface area contributed by atoms with Crippen LogP contribution in [0.4, 0.5) is 0 Å². The van der Waals surface area contributed by atoms with Crippen molar-refractivity contribution < 1.29 is 4.42 Å². The Labute approximate surface area is 367 Å². The molecule has 2 heterocycles. The molecule has 0 spiro atoms. The molecule has 0 atom stereocenters. The Morgan fingerprint density at radius 2 is 0.937 bits per heavy atom. The molecule has 12 rings (SSSR count). The van der Waals surface area contributed by atoms with E-state index in [4.69, 9.17) is 19.4 Å². The van der Waals surface area contributed by atoms with Crippen molar-refractivity contribution in [2.75, 3.05) is 0 Å². The summed E-state index contributed by atoms with van der Waals surface area (Å²) in [6.45, 7) is 4.66. The van der Waals surface area contributed by atoms with E-state index >= 15 is 0 Å². The molecule has 0 N–H and O–H groups in total. The average Bonchev–Trinajstić information content (AvgIpc) is 3.84. The zero-order valence-corrected chi connectivity index (χ0v) is 36.0. The number of hydrogen-bond acceptors (Lipinski definition) is 4. The van der Waals surface area contributed by atoms with Gasteiger partial charge in [0.1, 0.15) is 11.2 Å². The Morgan fingerprint density at radius 1 is 0.397 bits per heavy atom. The molecule has 9 aromatic carbocycles. The van der Waals surface area contributed by atoms with E-state index < -0.39 is 8.07 Å². The Kier molecular flexibility index (Phi) is 8.49. The number of aromatic nitrogens is 3. The van der Waals surface area contributed by atoms with Gasteiger partial charge in [0.25, 0.3) is 0 Å². The van der Waals surface area contributed by atoms with Crippen molar-refractivity contribution in [1.29, 1.82) is 0 Å². The van der Waals surface area contributed by atoms with Crippen LogP contribution in [-0.4, -0.2) is 23.0 Å². The van der Waals surface area contributed by atoms with E-state index in [0.717, 1.165) is 49.4 Å². The largest absolute Gasteiger partial charge is 0.456 e. The quantitative estimate of drug-likeness (QED) is 0.119. The summed E-state index contributed by atoms with van der Waals surface area (Å²) in [6.07, 6.45) is 0. The van der Waals surface area contributed by atoms with Crippen LogP contribution in [0, 0.1) is 0 Å². The topological polar surface area (TPSA) is 51.8 Å². The van der Waals surface area contributed by atoms with Crippen LogP contribution in [0.3, 0.4) is 0 Å². The van der Waals surface area contributed by atoms with Crippen molar-refractivity contribution in [2.24, 2.45) is 0 Å². The van der Waals surface area contributed by atoms with Crippen LogP contribution in [0.25, 0.3) is 78.0 Å². The van der Waals surface area contributed by atoms with E-state index in [2.05, 4.69) is 202 Å². The van der Waals surface area contributed by atoms with Crippen LogP contribution < -0.4 is 20.7 Å².